The van der Waals surface area contributed by atoms with Crippen molar-refractivity contribution in [1.29, 1.82) is 0 Å². The quantitative estimate of drug-likeness (QED) is 0.514. The molecule has 3 rings (SSSR count). The van der Waals surface area contributed by atoms with Gasteiger partial charge in [0.05, 0.1) is 23.9 Å². The second-order valence-corrected chi connectivity index (χ2v) is 5.66. The zero-order valence-electron chi connectivity index (χ0n) is 13.9. The van der Waals surface area contributed by atoms with E-state index in [9.17, 15) is 9.59 Å². The Morgan fingerprint density at radius 3 is 2.64 bits per heavy atom. The number of alkyl halides is 1. The Hall–Kier alpha value is -2.67. The van der Waals surface area contributed by atoms with Crippen molar-refractivity contribution in [3.8, 4) is 5.69 Å². The molecular formula is C17H17ClN4O3. The molecule has 0 aliphatic heterocycles. The molecule has 3 aromatic rings. The predicted octanol–water partition coefficient (Wildman–Crippen LogP) is 2.19. The molecular weight excluding hydrogens is 344 g/mol. The van der Waals surface area contributed by atoms with E-state index < -0.39 is 5.97 Å². The van der Waals surface area contributed by atoms with Crippen molar-refractivity contribution in [3.05, 3.63) is 52.2 Å². The number of halogens is 1. The van der Waals surface area contributed by atoms with Crippen LogP contribution in [0.25, 0.3) is 16.7 Å². The molecule has 0 N–H and O–H groups in total. The van der Waals surface area contributed by atoms with E-state index >= 15 is 0 Å². The monoisotopic (exact) mass is 360 g/mol. The smallest absolute Gasteiger partial charge is 0.326 e. The van der Waals surface area contributed by atoms with Crippen molar-refractivity contribution in [2.45, 2.75) is 26.3 Å². The van der Waals surface area contributed by atoms with E-state index in [-0.39, 0.29) is 24.6 Å². The van der Waals surface area contributed by atoms with Gasteiger partial charge >= 0.3 is 5.97 Å². The molecule has 0 aliphatic carbocycles. The molecule has 2 aromatic heterocycles. The Labute approximate surface area is 148 Å². The first-order chi connectivity index (χ1) is 12.1. The Morgan fingerprint density at radius 1 is 1.28 bits per heavy atom. The van der Waals surface area contributed by atoms with E-state index in [1.807, 2.05) is 30.3 Å². The predicted molar refractivity (Wildman–Crippen MR) is 94.1 cm³/mol. The van der Waals surface area contributed by atoms with Crippen LogP contribution in [-0.2, 0) is 22.0 Å². The number of rotatable bonds is 5. The minimum atomic E-state index is -0.509. The van der Waals surface area contributed by atoms with Crippen LogP contribution in [0.2, 0.25) is 0 Å². The Balaban J connectivity index is 2.22. The van der Waals surface area contributed by atoms with Crippen LogP contribution in [0.5, 0.6) is 0 Å². The summed E-state index contributed by atoms with van der Waals surface area (Å²) in [5.41, 5.74) is 1.39. The normalized spacial score (nSPS) is 11.0. The van der Waals surface area contributed by atoms with Crippen LogP contribution in [0, 0.1) is 6.92 Å². The molecule has 130 valence electrons. The number of carbonyl (C=O) groups excluding carboxylic acids is 1. The van der Waals surface area contributed by atoms with Gasteiger partial charge in [-0.1, -0.05) is 18.2 Å². The van der Waals surface area contributed by atoms with E-state index in [1.165, 1.54) is 4.57 Å². The fourth-order valence-electron chi connectivity index (χ4n) is 2.65. The van der Waals surface area contributed by atoms with Crippen molar-refractivity contribution in [2.75, 3.05) is 6.61 Å². The highest BCUT2D eigenvalue weighted by molar-refractivity contribution is 6.16. The SMILES string of the molecule is CCOC(=O)Cn1c(CCl)nc2c(c(C)nn2-c2ccccc2)c1=O. The fourth-order valence-corrected chi connectivity index (χ4v) is 2.86. The van der Waals surface area contributed by atoms with Crippen molar-refractivity contribution < 1.29 is 9.53 Å². The first kappa shape index (κ1) is 17.2. The van der Waals surface area contributed by atoms with E-state index in [0.717, 1.165) is 5.69 Å². The summed E-state index contributed by atoms with van der Waals surface area (Å²) in [5.74, 6) is -0.224. The molecule has 0 unspecified atom stereocenters. The number of ether oxygens (including phenoxy) is 1. The Kier molecular flexibility index (Phi) is 4.85. The molecule has 1 aromatic carbocycles. The number of aryl methyl sites for hydroxylation is 1. The van der Waals surface area contributed by atoms with Gasteiger partial charge in [0.15, 0.2) is 5.65 Å². The number of para-hydroxylation sites is 1. The van der Waals surface area contributed by atoms with Crippen molar-refractivity contribution in [1.82, 2.24) is 19.3 Å². The zero-order chi connectivity index (χ0) is 18.0. The van der Waals surface area contributed by atoms with Crippen molar-refractivity contribution in [2.24, 2.45) is 0 Å². The number of nitrogens with zero attached hydrogens (tertiary/aromatic N) is 4. The highest BCUT2D eigenvalue weighted by Crippen LogP contribution is 2.18. The van der Waals surface area contributed by atoms with E-state index in [1.54, 1.807) is 18.5 Å². The molecule has 0 fully saturated rings. The van der Waals surface area contributed by atoms with Crippen LogP contribution in [0.15, 0.2) is 35.1 Å². The molecule has 0 spiro atoms. The highest BCUT2D eigenvalue weighted by Gasteiger charge is 2.20. The first-order valence-corrected chi connectivity index (χ1v) is 8.36. The van der Waals surface area contributed by atoms with E-state index in [0.29, 0.717) is 22.6 Å². The summed E-state index contributed by atoms with van der Waals surface area (Å²) in [7, 11) is 0. The summed E-state index contributed by atoms with van der Waals surface area (Å²) in [6, 6.07) is 9.40. The lowest BCUT2D eigenvalue weighted by Gasteiger charge is -2.10. The first-order valence-electron chi connectivity index (χ1n) is 7.82. The number of carbonyl (C=O) groups is 1. The zero-order valence-corrected chi connectivity index (χ0v) is 14.7. The Morgan fingerprint density at radius 2 is 2.00 bits per heavy atom. The molecule has 0 bridgehead atoms. The van der Waals surface area contributed by atoms with Crippen LogP contribution in [0.4, 0.5) is 0 Å². The lowest BCUT2D eigenvalue weighted by Crippen LogP contribution is -2.29. The summed E-state index contributed by atoms with van der Waals surface area (Å²) in [5, 5.41) is 4.80. The van der Waals surface area contributed by atoms with Gasteiger partial charge in [0.2, 0.25) is 0 Å². The van der Waals surface area contributed by atoms with Gasteiger partial charge in [-0.25, -0.2) is 9.67 Å². The number of benzene rings is 1. The molecule has 2 heterocycles. The van der Waals surface area contributed by atoms with Crippen LogP contribution in [0.1, 0.15) is 18.4 Å². The average molecular weight is 361 g/mol. The van der Waals surface area contributed by atoms with Gasteiger partial charge < -0.3 is 4.74 Å². The largest absolute Gasteiger partial charge is 0.465 e. The third-order valence-electron chi connectivity index (χ3n) is 3.75. The highest BCUT2D eigenvalue weighted by atomic mass is 35.5. The molecule has 25 heavy (non-hydrogen) atoms. The van der Waals surface area contributed by atoms with Gasteiger partial charge in [-0.3, -0.25) is 14.2 Å². The number of fused-ring (bicyclic) bond motifs is 1. The molecule has 7 nitrogen and oxygen atoms in total. The van der Waals surface area contributed by atoms with Crippen LogP contribution >= 0.6 is 11.6 Å². The number of aromatic nitrogens is 4. The van der Waals surface area contributed by atoms with Crippen molar-refractivity contribution >= 4 is 28.6 Å². The topological polar surface area (TPSA) is 79.0 Å². The fraction of sp³-hybridized carbons (Fsp3) is 0.294. The lowest BCUT2D eigenvalue weighted by molar-refractivity contribution is -0.143. The van der Waals surface area contributed by atoms with Gasteiger partial charge in [0, 0.05) is 0 Å². The molecule has 0 saturated heterocycles. The third-order valence-corrected chi connectivity index (χ3v) is 3.99. The van der Waals surface area contributed by atoms with Crippen LogP contribution < -0.4 is 5.56 Å². The third kappa shape index (κ3) is 3.15. The van der Waals surface area contributed by atoms with Gasteiger partial charge in [-0.2, -0.15) is 5.10 Å². The van der Waals surface area contributed by atoms with Crippen LogP contribution in [-0.4, -0.2) is 31.9 Å². The second-order valence-electron chi connectivity index (χ2n) is 5.39. The summed E-state index contributed by atoms with van der Waals surface area (Å²) >= 11 is 5.97. The average Bonchev–Trinajstić information content (AvgIpc) is 2.95. The van der Waals surface area contributed by atoms with E-state index in [2.05, 4.69) is 10.1 Å². The van der Waals surface area contributed by atoms with Crippen molar-refractivity contribution in [3.63, 3.8) is 0 Å². The minimum Gasteiger partial charge on any atom is -0.465 e. The van der Waals surface area contributed by atoms with Gasteiger partial charge in [-0.15, -0.1) is 11.6 Å². The number of hydrogen-bond acceptors (Lipinski definition) is 5. The molecule has 0 aliphatic rings. The van der Waals surface area contributed by atoms with E-state index in [4.69, 9.17) is 16.3 Å². The maximum Gasteiger partial charge on any atom is 0.326 e. The lowest BCUT2D eigenvalue weighted by atomic mass is 10.3. The number of hydrogen-bond donors (Lipinski definition) is 0. The summed E-state index contributed by atoms with van der Waals surface area (Å²) in [4.78, 5) is 29.2. The summed E-state index contributed by atoms with van der Waals surface area (Å²) < 4.78 is 7.78. The maximum absolute atomic E-state index is 12.9. The second kappa shape index (κ2) is 7.06. The molecule has 0 amide bonds. The van der Waals surface area contributed by atoms with Gasteiger partial charge in [0.25, 0.3) is 5.56 Å². The van der Waals surface area contributed by atoms with Gasteiger partial charge in [-0.05, 0) is 26.0 Å². The van der Waals surface area contributed by atoms with Gasteiger partial charge in [0.1, 0.15) is 17.8 Å². The van der Waals surface area contributed by atoms with Crippen LogP contribution in [0.3, 0.4) is 0 Å². The standard InChI is InChI=1S/C17H17ClN4O3/c1-3-25-14(23)10-21-13(9-18)19-16-15(17(21)24)11(2)20-22(16)12-7-5-4-6-8-12/h4-8H,3,9-10H2,1-2H3. The maximum atomic E-state index is 12.9. The number of esters is 1. The Bertz CT molecular complexity index is 979. The molecule has 0 saturated carbocycles. The summed E-state index contributed by atoms with van der Waals surface area (Å²) in [6.45, 7) is 3.45. The molecule has 8 heteroatoms. The molecule has 0 atom stereocenters. The molecule has 0 radical (unpaired) electrons. The minimum absolute atomic E-state index is 0.0103. The summed E-state index contributed by atoms with van der Waals surface area (Å²) in [6.07, 6.45) is 0.